The van der Waals surface area contributed by atoms with Gasteiger partial charge >= 0.3 is 0 Å². The number of hydrogen-bond donors (Lipinski definition) is 0. The summed E-state index contributed by atoms with van der Waals surface area (Å²) in [6.07, 6.45) is 10.1. The molecule has 0 aromatic rings. The second-order valence-corrected chi connectivity index (χ2v) is 4.42. The lowest BCUT2D eigenvalue weighted by Crippen LogP contribution is -2.28. The van der Waals surface area contributed by atoms with E-state index >= 15 is 0 Å². The van der Waals surface area contributed by atoms with Gasteiger partial charge in [-0.1, -0.05) is 39.0 Å². The summed E-state index contributed by atoms with van der Waals surface area (Å²) in [6, 6.07) is 0. The second kappa shape index (κ2) is 4.59. The molecule has 1 aliphatic rings. The van der Waals surface area contributed by atoms with Crippen molar-refractivity contribution in [2.75, 3.05) is 6.54 Å². The predicted molar refractivity (Wildman–Crippen MR) is 63.8 cm³/mol. The standard InChI is InChI=1S/C13H21N/c1-5-6-7-11(2)13(4)9-8-12(3)14-10-13/h6-9,11H,5,10H2,1-4H3/b7-6+. The van der Waals surface area contributed by atoms with E-state index in [9.17, 15) is 0 Å². The average molecular weight is 191 g/mol. The van der Waals surface area contributed by atoms with E-state index in [0.717, 1.165) is 18.7 Å². The van der Waals surface area contributed by atoms with Crippen LogP contribution in [0.1, 0.15) is 34.1 Å². The summed E-state index contributed by atoms with van der Waals surface area (Å²) in [5, 5.41) is 0. The molecule has 0 saturated carbocycles. The van der Waals surface area contributed by atoms with Crippen LogP contribution in [-0.4, -0.2) is 12.3 Å². The van der Waals surface area contributed by atoms with Gasteiger partial charge in [-0.05, 0) is 25.3 Å². The Hall–Kier alpha value is -0.850. The maximum Gasteiger partial charge on any atom is 0.0486 e. The number of dihydropyridines is 1. The van der Waals surface area contributed by atoms with Crippen molar-refractivity contribution in [3.8, 4) is 0 Å². The number of allylic oxidation sites excluding steroid dienone is 3. The fourth-order valence-corrected chi connectivity index (χ4v) is 1.57. The van der Waals surface area contributed by atoms with Gasteiger partial charge in [-0.25, -0.2) is 0 Å². The summed E-state index contributed by atoms with van der Waals surface area (Å²) in [7, 11) is 0. The first-order valence-electron chi connectivity index (χ1n) is 5.45. The minimum Gasteiger partial charge on any atom is -0.289 e. The third kappa shape index (κ3) is 2.57. The molecule has 78 valence electrons. The summed E-state index contributed by atoms with van der Waals surface area (Å²) in [5.41, 5.74) is 1.36. The maximum atomic E-state index is 4.51. The van der Waals surface area contributed by atoms with Crippen LogP contribution in [0.2, 0.25) is 0 Å². The van der Waals surface area contributed by atoms with Crippen molar-refractivity contribution < 1.29 is 0 Å². The van der Waals surface area contributed by atoms with Crippen LogP contribution in [-0.2, 0) is 0 Å². The zero-order chi connectivity index (χ0) is 10.6. The molecule has 1 heteroatoms. The minimum absolute atomic E-state index is 0.213. The van der Waals surface area contributed by atoms with E-state index in [1.165, 1.54) is 0 Å². The molecule has 0 fully saturated rings. The number of nitrogens with zero attached hydrogens (tertiary/aromatic N) is 1. The van der Waals surface area contributed by atoms with Crippen LogP contribution in [0.3, 0.4) is 0 Å². The van der Waals surface area contributed by atoms with E-state index in [0.29, 0.717) is 5.92 Å². The van der Waals surface area contributed by atoms with Crippen LogP contribution in [0.15, 0.2) is 29.3 Å². The van der Waals surface area contributed by atoms with Gasteiger partial charge in [0.1, 0.15) is 0 Å². The van der Waals surface area contributed by atoms with Crippen molar-refractivity contribution in [1.29, 1.82) is 0 Å². The highest BCUT2D eigenvalue weighted by atomic mass is 14.8. The van der Waals surface area contributed by atoms with Gasteiger partial charge in [0, 0.05) is 17.7 Å². The summed E-state index contributed by atoms with van der Waals surface area (Å²) in [5.74, 6) is 0.565. The van der Waals surface area contributed by atoms with Crippen LogP contribution >= 0.6 is 0 Å². The lowest BCUT2D eigenvalue weighted by molar-refractivity contribution is 0.338. The Kier molecular flexibility index (Phi) is 3.68. The van der Waals surface area contributed by atoms with E-state index in [1.807, 2.05) is 0 Å². The van der Waals surface area contributed by atoms with Gasteiger partial charge in [-0.15, -0.1) is 0 Å². The van der Waals surface area contributed by atoms with Gasteiger partial charge in [-0.2, -0.15) is 0 Å². The molecule has 0 bridgehead atoms. The van der Waals surface area contributed by atoms with Crippen molar-refractivity contribution in [1.82, 2.24) is 0 Å². The van der Waals surface area contributed by atoms with Gasteiger partial charge in [0.25, 0.3) is 0 Å². The Morgan fingerprint density at radius 1 is 1.64 bits per heavy atom. The molecule has 14 heavy (non-hydrogen) atoms. The molecule has 1 aliphatic heterocycles. The largest absolute Gasteiger partial charge is 0.289 e. The predicted octanol–water partition coefficient (Wildman–Crippen LogP) is 3.63. The Labute approximate surface area is 87.6 Å². The Morgan fingerprint density at radius 3 is 2.86 bits per heavy atom. The van der Waals surface area contributed by atoms with Gasteiger partial charge in [-0.3, -0.25) is 4.99 Å². The van der Waals surface area contributed by atoms with E-state index in [1.54, 1.807) is 0 Å². The van der Waals surface area contributed by atoms with Crippen molar-refractivity contribution >= 4 is 5.71 Å². The van der Waals surface area contributed by atoms with Gasteiger partial charge in [0.2, 0.25) is 0 Å². The Bertz CT molecular complexity index is 273. The topological polar surface area (TPSA) is 12.4 Å². The first-order valence-corrected chi connectivity index (χ1v) is 5.45. The molecule has 0 spiro atoms. The molecule has 2 atom stereocenters. The molecule has 0 N–H and O–H groups in total. The van der Waals surface area contributed by atoms with Crippen molar-refractivity contribution in [2.24, 2.45) is 16.3 Å². The van der Waals surface area contributed by atoms with Gasteiger partial charge in [0.15, 0.2) is 0 Å². The van der Waals surface area contributed by atoms with Crippen molar-refractivity contribution in [2.45, 2.75) is 34.1 Å². The van der Waals surface area contributed by atoms with Gasteiger partial charge < -0.3 is 0 Å². The molecule has 0 aliphatic carbocycles. The van der Waals surface area contributed by atoms with E-state index in [2.05, 4.69) is 57.0 Å². The van der Waals surface area contributed by atoms with Crippen LogP contribution in [0.5, 0.6) is 0 Å². The quantitative estimate of drug-likeness (QED) is 0.604. The summed E-state index contributed by atoms with van der Waals surface area (Å²) in [4.78, 5) is 4.51. The minimum atomic E-state index is 0.213. The fraction of sp³-hybridized carbons (Fsp3) is 0.615. The zero-order valence-electron chi connectivity index (χ0n) is 9.75. The molecule has 0 aromatic heterocycles. The molecule has 1 heterocycles. The first-order chi connectivity index (χ1) is 6.58. The molecule has 1 nitrogen and oxygen atoms in total. The lowest BCUT2D eigenvalue weighted by Gasteiger charge is -2.31. The van der Waals surface area contributed by atoms with Crippen LogP contribution in [0.4, 0.5) is 0 Å². The normalized spacial score (nSPS) is 29.3. The first kappa shape index (κ1) is 11.2. The molecule has 0 saturated heterocycles. The fourth-order valence-electron chi connectivity index (χ4n) is 1.57. The highest BCUT2D eigenvalue weighted by Crippen LogP contribution is 2.32. The highest BCUT2D eigenvalue weighted by Gasteiger charge is 2.27. The highest BCUT2D eigenvalue weighted by molar-refractivity contribution is 5.93. The molecular formula is C13H21N. The lowest BCUT2D eigenvalue weighted by atomic mass is 9.76. The summed E-state index contributed by atoms with van der Waals surface area (Å²) in [6.45, 7) is 9.70. The van der Waals surface area contributed by atoms with Crippen molar-refractivity contribution in [3.63, 3.8) is 0 Å². The Balaban J connectivity index is 2.68. The molecule has 0 amide bonds. The maximum absolute atomic E-state index is 4.51. The second-order valence-electron chi connectivity index (χ2n) is 4.42. The smallest absolute Gasteiger partial charge is 0.0486 e. The number of rotatable bonds is 3. The average Bonchev–Trinajstić information content (AvgIpc) is 2.19. The van der Waals surface area contributed by atoms with Crippen LogP contribution in [0.25, 0.3) is 0 Å². The molecule has 2 unspecified atom stereocenters. The van der Waals surface area contributed by atoms with Gasteiger partial charge in [0.05, 0.1) is 0 Å². The SMILES string of the molecule is CC/C=C/C(C)C1(C)C=CC(C)=NC1. The van der Waals surface area contributed by atoms with Crippen LogP contribution < -0.4 is 0 Å². The number of hydrogen-bond acceptors (Lipinski definition) is 1. The molecular weight excluding hydrogens is 170 g/mol. The Morgan fingerprint density at radius 2 is 2.36 bits per heavy atom. The van der Waals surface area contributed by atoms with Crippen LogP contribution in [0, 0.1) is 11.3 Å². The van der Waals surface area contributed by atoms with E-state index in [4.69, 9.17) is 0 Å². The summed E-state index contributed by atoms with van der Waals surface area (Å²) < 4.78 is 0. The van der Waals surface area contributed by atoms with E-state index in [-0.39, 0.29) is 5.41 Å². The van der Waals surface area contributed by atoms with E-state index < -0.39 is 0 Å². The monoisotopic (exact) mass is 191 g/mol. The third-order valence-corrected chi connectivity index (χ3v) is 3.08. The molecule has 0 aromatic carbocycles. The summed E-state index contributed by atoms with van der Waals surface area (Å²) >= 11 is 0. The molecule has 1 rings (SSSR count). The zero-order valence-corrected chi connectivity index (χ0v) is 9.75. The molecule has 0 radical (unpaired) electrons. The van der Waals surface area contributed by atoms with Crippen molar-refractivity contribution in [3.05, 3.63) is 24.3 Å². The number of aliphatic imine (C=N–C) groups is 1. The third-order valence-electron chi connectivity index (χ3n) is 3.08.